The Morgan fingerprint density at radius 2 is 1.80 bits per heavy atom. The lowest BCUT2D eigenvalue weighted by Gasteiger charge is -2.08. The number of hydrogen-bond donors (Lipinski definition) is 0. The predicted octanol–water partition coefficient (Wildman–Crippen LogP) is 1.62. The van der Waals surface area contributed by atoms with Gasteiger partial charge in [-0.1, -0.05) is 6.92 Å². The Morgan fingerprint density at radius 1 is 1.20 bits per heavy atom. The highest BCUT2D eigenvalue weighted by Gasteiger charge is 2.09. The van der Waals surface area contributed by atoms with Crippen molar-refractivity contribution in [2.75, 3.05) is 20.0 Å². The second kappa shape index (κ2) is 8.59. The number of methoxy groups -OCH3 is 2. The van der Waals surface area contributed by atoms with Crippen LogP contribution in [0.5, 0.6) is 0 Å². The van der Waals surface area contributed by atoms with Gasteiger partial charge in [0.2, 0.25) is 0 Å². The minimum absolute atomic E-state index is 0.184. The fourth-order valence-corrected chi connectivity index (χ4v) is 1.95. The van der Waals surface area contributed by atoms with E-state index in [4.69, 9.17) is 0 Å². The molecule has 0 aromatic heterocycles. The van der Waals surface area contributed by atoms with Crippen LogP contribution in [-0.2, 0) is 19.1 Å². The molecule has 0 aromatic carbocycles. The van der Waals surface area contributed by atoms with E-state index in [-0.39, 0.29) is 17.2 Å². The second-order valence-electron chi connectivity index (χ2n) is 3.14. The molecule has 0 amide bonds. The van der Waals surface area contributed by atoms with Crippen LogP contribution in [-0.4, -0.2) is 37.2 Å². The summed E-state index contributed by atoms with van der Waals surface area (Å²) in [6, 6.07) is 0. The van der Waals surface area contributed by atoms with Crippen LogP contribution in [0.25, 0.3) is 0 Å². The zero-order valence-corrected chi connectivity index (χ0v) is 10.3. The molecule has 0 saturated heterocycles. The Labute approximate surface area is 94.7 Å². The molecular formula is C10H18O4S. The molecule has 88 valence electrons. The van der Waals surface area contributed by atoms with Crippen molar-refractivity contribution in [3.8, 4) is 0 Å². The molecule has 0 bridgehead atoms. The minimum Gasteiger partial charge on any atom is -0.469 e. The topological polar surface area (TPSA) is 52.6 Å². The van der Waals surface area contributed by atoms with Crippen molar-refractivity contribution >= 4 is 23.7 Å². The molecule has 0 spiro atoms. The Bertz CT molecular complexity index is 206. The number of thioether (sulfide) groups is 1. The zero-order valence-electron chi connectivity index (χ0n) is 9.45. The molecule has 0 aliphatic carbocycles. The fraction of sp³-hybridized carbons (Fsp3) is 0.800. The first-order chi connectivity index (χ1) is 7.10. The maximum absolute atomic E-state index is 10.9. The lowest BCUT2D eigenvalue weighted by molar-refractivity contribution is -0.141. The summed E-state index contributed by atoms with van der Waals surface area (Å²) in [5.41, 5.74) is 0. The van der Waals surface area contributed by atoms with Gasteiger partial charge in [0.15, 0.2) is 0 Å². The minimum atomic E-state index is -0.192. The van der Waals surface area contributed by atoms with Gasteiger partial charge < -0.3 is 9.47 Å². The molecule has 1 atom stereocenters. The molecule has 0 radical (unpaired) electrons. The molecule has 5 heteroatoms. The van der Waals surface area contributed by atoms with E-state index in [1.165, 1.54) is 14.2 Å². The summed E-state index contributed by atoms with van der Waals surface area (Å²) >= 11 is 1.66. The molecule has 0 aliphatic rings. The molecule has 15 heavy (non-hydrogen) atoms. The van der Waals surface area contributed by atoms with E-state index in [2.05, 4.69) is 9.47 Å². The molecule has 1 unspecified atom stereocenters. The second-order valence-corrected chi connectivity index (χ2v) is 4.69. The Balaban J connectivity index is 3.42. The van der Waals surface area contributed by atoms with E-state index in [1.807, 2.05) is 6.92 Å². The van der Waals surface area contributed by atoms with Crippen molar-refractivity contribution in [3.63, 3.8) is 0 Å². The van der Waals surface area contributed by atoms with Gasteiger partial charge in [0.05, 0.1) is 20.6 Å². The lowest BCUT2D eigenvalue weighted by atomic mass is 10.3. The van der Waals surface area contributed by atoms with Gasteiger partial charge in [-0.15, -0.1) is 0 Å². The van der Waals surface area contributed by atoms with Crippen molar-refractivity contribution in [2.45, 2.75) is 31.4 Å². The SMILES string of the molecule is COC(=O)CCCSC(C)CC(=O)OC. The zero-order chi connectivity index (χ0) is 11.7. The van der Waals surface area contributed by atoms with Crippen molar-refractivity contribution in [2.24, 2.45) is 0 Å². The van der Waals surface area contributed by atoms with Gasteiger partial charge in [-0.3, -0.25) is 9.59 Å². The summed E-state index contributed by atoms with van der Waals surface area (Å²) in [7, 11) is 2.77. The molecule has 0 rings (SSSR count). The molecule has 0 saturated carbocycles. The van der Waals surface area contributed by atoms with Crippen LogP contribution >= 0.6 is 11.8 Å². The quantitative estimate of drug-likeness (QED) is 0.495. The maximum Gasteiger partial charge on any atom is 0.306 e. The highest BCUT2D eigenvalue weighted by Crippen LogP contribution is 2.16. The van der Waals surface area contributed by atoms with Crippen LogP contribution in [0, 0.1) is 0 Å². The number of rotatable bonds is 7. The number of esters is 2. The van der Waals surface area contributed by atoms with Crippen LogP contribution in [0.15, 0.2) is 0 Å². The van der Waals surface area contributed by atoms with E-state index < -0.39 is 0 Å². The first kappa shape index (κ1) is 14.3. The monoisotopic (exact) mass is 234 g/mol. The lowest BCUT2D eigenvalue weighted by Crippen LogP contribution is -2.09. The highest BCUT2D eigenvalue weighted by atomic mass is 32.2. The van der Waals surface area contributed by atoms with Gasteiger partial charge >= 0.3 is 11.9 Å². The first-order valence-corrected chi connectivity index (χ1v) is 5.90. The number of carbonyl (C=O) groups excluding carboxylic acids is 2. The molecule has 0 N–H and O–H groups in total. The van der Waals surface area contributed by atoms with Crippen LogP contribution < -0.4 is 0 Å². The largest absolute Gasteiger partial charge is 0.469 e. The highest BCUT2D eigenvalue weighted by molar-refractivity contribution is 7.99. The smallest absolute Gasteiger partial charge is 0.306 e. The Hall–Kier alpha value is -0.710. The maximum atomic E-state index is 10.9. The third-order valence-electron chi connectivity index (χ3n) is 1.84. The van der Waals surface area contributed by atoms with Gasteiger partial charge in [0, 0.05) is 11.7 Å². The van der Waals surface area contributed by atoms with E-state index >= 15 is 0 Å². The molecule has 0 aliphatic heterocycles. The summed E-state index contributed by atoms with van der Waals surface area (Å²) in [5.74, 6) is 0.479. The summed E-state index contributed by atoms with van der Waals surface area (Å²) in [6.07, 6.45) is 1.64. The third kappa shape index (κ3) is 8.30. The first-order valence-electron chi connectivity index (χ1n) is 4.85. The molecule has 4 nitrogen and oxygen atoms in total. The van der Waals surface area contributed by atoms with E-state index in [1.54, 1.807) is 11.8 Å². The van der Waals surface area contributed by atoms with E-state index in [0.717, 1.165) is 12.2 Å². The van der Waals surface area contributed by atoms with Crippen molar-refractivity contribution < 1.29 is 19.1 Å². The normalized spacial score (nSPS) is 11.9. The third-order valence-corrected chi connectivity index (χ3v) is 3.10. The van der Waals surface area contributed by atoms with Crippen LogP contribution in [0.4, 0.5) is 0 Å². The number of carbonyl (C=O) groups is 2. The summed E-state index contributed by atoms with van der Waals surface area (Å²) in [5, 5.41) is 0.232. The van der Waals surface area contributed by atoms with Crippen LogP contribution in [0.3, 0.4) is 0 Å². The van der Waals surface area contributed by atoms with Gasteiger partial charge in [-0.05, 0) is 12.2 Å². The molecule has 0 heterocycles. The Kier molecular flexibility index (Phi) is 8.18. The van der Waals surface area contributed by atoms with Crippen molar-refractivity contribution in [1.29, 1.82) is 0 Å². The molecule has 0 aromatic rings. The van der Waals surface area contributed by atoms with Gasteiger partial charge in [0.25, 0.3) is 0 Å². The average Bonchev–Trinajstić information content (AvgIpc) is 2.23. The average molecular weight is 234 g/mol. The predicted molar refractivity (Wildman–Crippen MR) is 59.8 cm³/mol. The van der Waals surface area contributed by atoms with Gasteiger partial charge in [-0.2, -0.15) is 11.8 Å². The number of ether oxygens (including phenoxy) is 2. The molecule has 0 fully saturated rings. The standard InChI is InChI=1S/C10H18O4S/c1-8(7-10(12)14-3)15-6-4-5-9(11)13-2/h8H,4-7H2,1-3H3. The summed E-state index contributed by atoms with van der Waals surface area (Å²) in [6.45, 7) is 1.97. The van der Waals surface area contributed by atoms with Gasteiger partial charge in [0.1, 0.15) is 0 Å². The van der Waals surface area contributed by atoms with Crippen molar-refractivity contribution in [1.82, 2.24) is 0 Å². The van der Waals surface area contributed by atoms with Crippen molar-refractivity contribution in [3.05, 3.63) is 0 Å². The summed E-state index contributed by atoms with van der Waals surface area (Å²) in [4.78, 5) is 21.7. The van der Waals surface area contributed by atoms with Crippen LogP contribution in [0.1, 0.15) is 26.2 Å². The number of hydrogen-bond acceptors (Lipinski definition) is 5. The van der Waals surface area contributed by atoms with E-state index in [0.29, 0.717) is 12.8 Å². The van der Waals surface area contributed by atoms with Crippen LogP contribution in [0.2, 0.25) is 0 Å². The molecular weight excluding hydrogens is 216 g/mol. The van der Waals surface area contributed by atoms with Gasteiger partial charge in [-0.25, -0.2) is 0 Å². The fourth-order valence-electron chi connectivity index (χ4n) is 0.980. The Morgan fingerprint density at radius 3 is 2.33 bits per heavy atom. The van der Waals surface area contributed by atoms with E-state index in [9.17, 15) is 9.59 Å². The summed E-state index contributed by atoms with van der Waals surface area (Å²) < 4.78 is 9.07.